The van der Waals surface area contributed by atoms with Crippen LogP contribution in [0.15, 0.2) is 54.6 Å². The summed E-state index contributed by atoms with van der Waals surface area (Å²) in [4.78, 5) is 26.6. The summed E-state index contributed by atoms with van der Waals surface area (Å²) >= 11 is 0. The number of alkyl halides is 6. The molecule has 0 bridgehead atoms. The molecule has 0 saturated heterocycles. The summed E-state index contributed by atoms with van der Waals surface area (Å²) < 4.78 is 111. The van der Waals surface area contributed by atoms with Crippen LogP contribution in [0.5, 0.6) is 17.2 Å². The number of carbonyl (C=O) groups is 2. The number of rotatable bonds is 8. The lowest BCUT2D eigenvalue weighted by molar-refractivity contribution is -0.143. The molecule has 0 saturated carbocycles. The molecule has 38 heavy (non-hydrogen) atoms. The predicted molar refractivity (Wildman–Crippen MR) is 124 cm³/mol. The molecular weight excluding hydrogens is 541 g/mol. The van der Waals surface area contributed by atoms with Crippen molar-refractivity contribution in [2.75, 3.05) is 21.3 Å². The van der Waals surface area contributed by atoms with Gasteiger partial charge < -0.3 is 14.2 Å². The summed E-state index contributed by atoms with van der Waals surface area (Å²) in [7, 11) is 0.456. The number of ketones is 1. The summed E-state index contributed by atoms with van der Waals surface area (Å²) in [5.74, 6) is -1.74. The van der Waals surface area contributed by atoms with Gasteiger partial charge in [-0.15, -0.1) is 0 Å². The van der Waals surface area contributed by atoms with E-state index in [1.807, 2.05) is 0 Å². The zero-order chi connectivity index (χ0) is 28.4. The van der Waals surface area contributed by atoms with Crippen molar-refractivity contribution in [2.45, 2.75) is 12.4 Å². The summed E-state index contributed by atoms with van der Waals surface area (Å²) in [6.45, 7) is 0. The quantitative estimate of drug-likeness (QED) is 0.184. The molecule has 0 aromatic heterocycles. The molecule has 0 fully saturated rings. The minimum absolute atomic E-state index is 0.125. The van der Waals surface area contributed by atoms with Gasteiger partial charge in [-0.25, -0.2) is 0 Å². The van der Waals surface area contributed by atoms with Gasteiger partial charge in [0.15, 0.2) is 13.6 Å². The van der Waals surface area contributed by atoms with E-state index in [0.717, 1.165) is 18.2 Å². The van der Waals surface area contributed by atoms with Crippen LogP contribution in [0, 0.1) is 0 Å². The Labute approximate surface area is 212 Å². The van der Waals surface area contributed by atoms with Crippen LogP contribution in [0.1, 0.15) is 37.4 Å². The van der Waals surface area contributed by atoms with E-state index in [-0.39, 0.29) is 22.8 Å². The normalized spacial score (nSPS) is 12.1. The molecule has 0 spiro atoms. The lowest BCUT2D eigenvalue weighted by Gasteiger charge is -2.19. The van der Waals surface area contributed by atoms with E-state index in [0.29, 0.717) is 18.2 Å². The van der Waals surface area contributed by atoms with Crippen molar-refractivity contribution in [3.63, 3.8) is 0 Å². The molecule has 6 nitrogen and oxygen atoms in total. The molecule has 0 amide bonds. The molecule has 0 aliphatic carbocycles. The van der Waals surface area contributed by atoms with E-state index >= 15 is 0 Å². The molecule has 3 rings (SSSR count). The first-order valence-corrected chi connectivity index (χ1v) is 11.7. The van der Waals surface area contributed by atoms with Gasteiger partial charge in [-0.2, -0.15) is 26.3 Å². The third-order valence-corrected chi connectivity index (χ3v) is 6.80. The van der Waals surface area contributed by atoms with Crippen molar-refractivity contribution in [3.05, 3.63) is 82.4 Å². The maximum absolute atomic E-state index is 13.7. The molecule has 1 radical (unpaired) electrons. The third-order valence-electron chi connectivity index (χ3n) is 5.38. The van der Waals surface area contributed by atoms with Crippen LogP contribution in [-0.4, -0.2) is 32.6 Å². The Morgan fingerprint density at radius 1 is 0.711 bits per heavy atom. The van der Waals surface area contributed by atoms with E-state index in [9.17, 15) is 40.5 Å². The third kappa shape index (κ3) is 5.50. The highest BCUT2D eigenvalue weighted by atomic mass is 31.1. The maximum atomic E-state index is 13.7. The Balaban J connectivity index is 2.22. The smallest absolute Gasteiger partial charge is 0.417 e. The first-order chi connectivity index (χ1) is 17.8. The van der Waals surface area contributed by atoms with Gasteiger partial charge in [0.2, 0.25) is 0 Å². The average molecular weight is 559 g/mol. The van der Waals surface area contributed by atoms with Crippen molar-refractivity contribution in [1.82, 2.24) is 0 Å². The fourth-order valence-electron chi connectivity index (χ4n) is 3.67. The van der Waals surface area contributed by atoms with E-state index in [4.69, 9.17) is 14.2 Å². The Bertz CT molecular complexity index is 1360. The number of ether oxygens (including phenoxy) is 3. The molecule has 3 aromatic carbocycles. The fourth-order valence-corrected chi connectivity index (χ4v) is 4.93. The van der Waals surface area contributed by atoms with E-state index < -0.39 is 59.0 Å². The highest BCUT2D eigenvalue weighted by molar-refractivity contribution is 7.71. The second-order valence-electron chi connectivity index (χ2n) is 7.58. The van der Waals surface area contributed by atoms with Crippen LogP contribution in [-0.2, 0) is 16.9 Å². The topological polar surface area (TPSA) is 78.9 Å². The number of hydrogen-bond acceptors (Lipinski definition) is 6. The average Bonchev–Trinajstić information content (AvgIpc) is 2.89. The highest BCUT2D eigenvalue weighted by Crippen LogP contribution is 2.43. The molecule has 0 aliphatic heterocycles. The molecule has 3 aromatic rings. The van der Waals surface area contributed by atoms with Gasteiger partial charge in [-0.05, 0) is 24.3 Å². The number of hydrogen-bond donors (Lipinski definition) is 0. The van der Waals surface area contributed by atoms with Gasteiger partial charge in [-0.1, -0.05) is 18.2 Å². The van der Waals surface area contributed by atoms with Crippen molar-refractivity contribution < 1.29 is 54.7 Å². The molecule has 201 valence electrons. The molecular formula is C25H18F6O6P. The minimum atomic E-state index is -5.32. The maximum Gasteiger partial charge on any atom is 0.417 e. The Morgan fingerprint density at radius 3 is 1.66 bits per heavy atom. The zero-order valence-corrected chi connectivity index (χ0v) is 20.8. The zero-order valence-electron chi connectivity index (χ0n) is 19.9. The largest absolute Gasteiger partial charge is 0.496 e. The van der Waals surface area contributed by atoms with Gasteiger partial charge in [0.05, 0.1) is 37.8 Å². The van der Waals surface area contributed by atoms with Crippen molar-refractivity contribution in [1.29, 1.82) is 0 Å². The highest BCUT2D eigenvalue weighted by Gasteiger charge is 2.43. The Hall–Kier alpha value is -3.92. The number of halogens is 6. The summed E-state index contributed by atoms with van der Waals surface area (Å²) in [5.41, 5.74) is -7.56. The van der Waals surface area contributed by atoms with Crippen molar-refractivity contribution in [3.8, 4) is 17.2 Å². The molecule has 1 atom stereocenters. The van der Waals surface area contributed by atoms with Gasteiger partial charge >= 0.3 is 12.4 Å². The molecule has 0 N–H and O–H groups in total. The van der Waals surface area contributed by atoms with Gasteiger partial charge in [0, 0.05) is 23.3 Å². The first kappa shape index (κ1) is 28.6. The van der Waals surface area contributed by atoms with Gasteiger partial charge in [0.25, 0.3) is 5.52 Å². The summed E-state index contributed by atoms with van der Waals surface area (Å²) in [5, 5.41) is -0.567. The number of methoxy groups -OCH3 is 3. The van der Waals surface area contributed by atoms with Gasteiger partial charge in [-0.3, -0.25) is 14.2 Å². The van der Waals surface area contributed by atoms with Crippen LogP contribution in [0.2, 0.25) is 0 Å². The van der Waals surface area contributed by atoms with E-state index in [2.05, 4.69) is 0 Å². The van der Waals surface area contributed by atoms with Crippen LogP contribution in [0.25, 0.3) is 0 Å². The van der Waals surface area contributed by atoms with Gasteiger partial charge in [0.1, 0.15) is 22.8 Å². The van der Waals surface area contributed by atoms with E-state index in [1.54, 1.807) is 0 Å². The van der Waals surface area contributed by atoms with Crippen LogP contribution >= 0.6 is 7.80 Å². The predicted octanol–water partition coefficient (Wildman–Crippen LogP) is 6.27. The lowest BCUT2D eigenvalue weighted by atomic mass is 9.92. The minimum Gasteiger partial charge on any atom is -0.496 e. The second-order valence-corrected chi connectivity index (χ2v) is 9.05. The number of benzene rings is 3. The van der Waals surface area contributed by atoms with Crippen molar-refractivity contribution >= 4 is 24.4 Å². The van der Waals surface area contributed by atoms with Crippen LogP contribution in [0.4, 0.5) is 26.3 Å². The van der Waals surface area contributed by atoms with Crippen molar-refractivity contribution in [2.24, 2.45) is 0 Å². The number of carbonyl (C=O) groups excluding carboxylic acids is 2. The molecule has 1 unspecified atom stereocenters. The summed E-state index contributed by atoms with van der Waals surface area (Å²) in [6.07, 6.45) is -10.6. The molecule has 13 heteroatoms. The molecule has 0 heterocycles. The second kappa shape index (κ2) is 10.8. The van der Waals surface area contributed by atoms with Crippen LogP contribution in [0.3, 0.4) is 0 Å². The lowest BCUT2D eigenvalue weighted by Crippen LogP contribution is -2.23. The van der Waals surface area contributed by atoms with Crippen LogP contribution < -0.4 is 19.5 Å². The standard InChI is InChI=1S/C25H18F6O6P/c1-35-13-11-17(36-2)21(18(12-13)37-3)23(33)38(34)19-10-5-4-7-14(19)22(32)20-15(24(26,27)28)8-6-9-16(20)25(29,30)31/h4-12H,1-3H3. The fraction of sp³-hybridized carbons (Fsp3) is 0.200. The summed E-state index contributed by atoms with van der Waals surface area (Å²) in [6, 6.07) is 8.06. The monoisotopic (exact) mass is 559 g/mol. The Kier molecular flexibility index (Phi) is 8.16. The van der Waals surface area contributed by atoms with E-state index in [1.165, 1.54) is 39.5 Å². The molecule has 0 aliphatic rings. The first-order valence-electron chi connectivity index (χ1n) is 10.5. The SMILES string of the molecule is COc1cc(OC)c(C(=O)[P](=O)c2ccccc2C(=O)c2c(C(F)(F)F)cccc2C(F)(F)F)c(OC)c1. The Morgan fingerprint density at radius 2 is 1.21 bits per heavy atom.